The summed E-state index contributed by atoms with van der Waals surface area (Å²) in [5.41, 5.74) is 2.40. The monoisotopic (exact) mass is 247 g/mol. The Morgan fingerprint density at radius 2 is 1.94 bits per heavy atom. The first kappa shape index (κ1) is 14.8. The molecule has 0 bridgehead atoms. The third-order valence-electron chi connectivity index (χ3n) is 2.75. The van der Waals surface area contributed by atoms with E-state index < -0.39 is 0 Å². The SMILES string of the molecule is C=C(CNCC)COc1ccccc1C(C)(C)C. The van der Waals surface area contributed by atoms with Crippen molar-refractivity contribution in [2.24, 2.45) is 0 Å². The summed E-state index contributed by atoms with van der Waals surface area (Å²) in [5, 5.41) is 3.25. The molecule has 0 aliphatic heterocycles. The summed E-state index contributed by atoms with van der Waals surface area (Å²) in [6, 6.07) is 8.22. The fraction of sp³-hybridized carbons (Fsp3) is 0.500. The molecular formula is C16H25NO. The van der Waals surface area contributed by atoms with E-state index in [0.717, 1.165) is 24.4 Å². The van der Waals surface area contributed by atoms with Crippen LogP contribution in [-0.2, 0) is 5.41 Å². The van der Waals surface area contributed by atoms with E-state index in [9.17, 15) is 0 Å². The molecule has 0 heterocycles. The van der Waals surface area contributed by atoms with E-state index in [1.54, 1.807) is 0 Å². The van der Waals surface area contributed by atoms with Gasteiger partial charge in [-0.25, -0.2) is 0 Å². The number of rotatable bonds is 6. The lowest BCUT2D eigenvalue weighted by molar-refractivity contribution is 0.338. The van der Waals surface area contributed by atoms with Crippen LogP contribution in [0.15, 0.2) is 36.4 Å². The predicted molar refractivity (Wildman–Crippen MR) is 78.3 cm³/mol. The van der Waals surface area contributed by atoms with Crippen molar-refractivity contribution in [3.8, 4) is 5.75 Å². The van der Waals surface area contributed by atoms with Gasteiger partial charge in [-0.1, -0.05) is 52.5 Å². The average Bonchev–Trinajstić information content (AvgIpc) is 2.33. The molecule has 0 saturated carbocycles. The molecular weight excluding hydrogens is 222 g/mol. The number of benzene rings is 1. The van der Waals surface area contributed by atoms with E-state index in [1.807, 2.05) is 12.1 Å². The second-order valence-electron chi connectivity index (χ2n) is 5.57. The van der Waals surface area contributed by atoms with Crippen LogP contribution in [0.2, 0.25) is 0 Å². The van der Waals surface area contributed by atoms with Gasteiger partial charge in [-0.05, 0) is 29.2 Å². The molecule has 0 saturated heterocycles. The van der Waals surface area contributed by atoms with Crippen LogP contribution < -0.4 is 10.1 Å². The number of hydrogen-bond donors (Lipinski definition) is 1. The second-order valence-corrected chi connectivity index (χ2v) is 5.57. The Morgan fingerprint density at radius 3 is 2.56 bits per heavy atom. The molecule has 0 atom stereocenters. The van der Waals surface area contributed by atoms with Crippen LogP contribution in [0, 0.1) is 0 Å². The summed E-state index contributed by atoms with van der Waals surface area (Å²) < 4.78 is 5.88. The molecule has 0 aromatic heterocycles. The highest BCUT2D eigenvalue weighted by atomic mass is 16.5. The van der Waals surface area contributed by atoms with Crippen LogP contribution in [-0.4, -0.2) is 19.7 Å². The van der Waals surface area contributed by atoms with E-state index in [2.05, 4.69) is 51.7 Å². The standard InChI is InChI=1S/C16H25NO/c1-6-17-11-13(2)12-18-15-10-8-7-9-14(15)16(3,4)5/h7-10,17H,2,6,11-12H2,1,3-5H3. The first-order valence-electron chi connectivity index (χ1n) is 6.55. The van der Waals surface area contributed by atoms with E-state index in [4.69, 9.17) is 4.74 Å². The highest BCUT2D eigenvalue weighted by Crippen LogP contribution is 2.30. The van der Waals surface area contributed by atoms with E-state index in [0.29, 0.717) is 6.61 Å². The van der Waals surface area contributed by atoms with Crippen molar-refractivity contribution in [1.29, 1.82) is 0 Å². The molecule has 0 radical (unpaired) electrons. The Hall–Kier alpha value is -1.28. The molecule has 2 heteroatoms. The molecule has 18 heavy (non-hydrogen) atoms. The third kappa shape index (κ3) is 4.53. The maximum atomic E-state index is 5.88. The minimum atomic E-state index is 0.0968. The fourth-order valence-electron chi connectivity index (χ4n) is 1.74. The van der Waals surface area contributed by atoms with Gasteiger partial charge in [0.1, 0.15) is 12.4 Å². The van der Waals surface area contributed by atoms with Crippen LogP contribution in [0.4, 0.5) is 0 Å². The third-order valence-corrected chi connectivity index (χ3v) is 2.75. The van der Waals surface area contributed by atoms with Crippen molar-refractivity contribution in [1.82, 2.24) is 5.32 Å². The van der Waals surface area contributed by atoms with Gasteiger partial charge in [0, 0.05) is 6.54 Å². The highest BCUT2D eigenvalue weighted by Gasteiger charge is 2.18. The zero-order valence-electron chi connectivity index (χ0n) is 12.0. The van der Waals surface area contributed by atoms with Gasteiger partial charge in [-0.3, -0.25) is 0 Å². The molecule has 0 aliphatic carbocycles. The molecule has 0 spiro atoms. The lowest BCUT2D eigenvalue weighted by Crippen LogP contribution is -2.20. The van der Waals surface area contributed by atoms with E-state index >= 15 is 0 Å². The fourth-order valence-corrected chi connectivity index (χ4v) is 1.74. The van der Waals surface area contributed by atoms with Gasteiger partial charge >= 0.3 is 0 Å². The Kier molecular flexibility index (Phi) is 5.42. The van der Waals surface area contributed by atoms with Crippen molar-refractivity contribution in [3.05, 3.63) is 42.0 Å². The summed E-state index contributed by atoms with van der Waals surface area (Å²) in [7, 11) is 0. The number of nitrogens with one attached hydrogen (secondary N) is 1. The van der Waals surface area contributed by atoms with Crippen LogP contribution >= 0.6 is 0 Å². The molecule has 0 fully saturated rings. The van der Waals surface area contributed by atoms with Gasteiger partial charge in [0.25, 0.3) is 0 Å². The summed E-state index contributed by atoms with van der Waals surface area (Å²) in [6.07, 6.45) is 0. The van der Waals surface area contributed by atoms with Crippen LogP contribution in [0.1, 0.15) is 33.3 Å². The Balaban J connectivity index is 2.65. The van der Waals surface area contributed by atoms with Gasteiger partial charge in [0.05, 0.1) is 0 Å². The maximum Gasteiger partial charge on any atom is 0.123 e. The molecule has 1 aromatic carbocycles. The van der Waals surface area contributed by atoms with Crippen LogP contribution in [0.3, 0.4) is 0 Å². The Labute approximate surface area is 111 Å². The van der Waals surface area contributed by atoms with E-state index in [1.165, 1.54) is 5.56 Å². The van der Waals surface area contributed by atoms with Gasteiger partial charge < -0.3 is 10.1 Å². The number of para-hydroxylation sites is 1. The summed E-state index contributed by atoms with van der Waals surface area (Å²) in [5.74, 6) is 0.961. The lowest BCUT2D eigenvalue weighted by Gasteiger charge is -2.23. The first-order chi connectivity index (χ1) is 8.45. The molecule has 1 aromatic rings. The Morgan fingerprint density at radius 1 is 1.28 bits per heavy atom. The molecule has 1 N–H and O–H groups in total. The van der Waals surface area contributed by atoms with Crippen molar-refractivity contribution < 1.29 is 4.74 Å². The first-order valence-corrected chi connectivity index (χ1v) is 6.55. The van der Waals surface area contributed by atoms with Gasteiger partial charge in [-0.15, -0.1) is 0 Å². The van der Waals surface area contributed by atoms with Crippen LogP contribution in [0.25, 0.3) is 0 Å². The van der Waals surface area contributed by atoms with Gasteiger partial charge in [-0.2, -0.15) is 0 Å². The van der Waals surface area contributed by atoms with Crippen LogP contribution in [0.5, 0.6) is 5.75 Å². The van der Waals surface area contributed by atoms with Gasteiger partial charge in [0.15, 0.2) is 0 Å². The summed E-state index contributed by atoms with van der Waals surface area (Å²) in [6.45, 7) is 15.0. The minimum Gasteiger partial charge on any atom is -0.489 e. The van der Waals surface area contributed by atoms with Crippen molar-refractivity contribution >= 4 is 0 Å². The molecule has 1 rings (SSSR count). The molecule has 0 amide bonds. The minimum absolute atomic E-state index is 0.0968. The van der Waals surface area contributed by atoms with Crippen molar-refractivity contribution in [3.63, 3.8) is 0 Å². The van der Waals surface area contributed by atoms with E-state index in [-0.39, 0.29) is 5.41 Å². The van der Waals surface area contributed by atoms with Crippen molar-refractivity contribution in [2.75, 3.05) is 19.7 Å². The number of hydrogen-bond acceptors (Lipinski definition) is 2. The number of likely N-dealkylation sites (N-methyl/N-ethyl adjacent to an activating group) is 1. The predicted octanol–water partition coefficient (Wildman–Crippen LogP) is 3.53. The smallest absolute Gasteiger partial charge is 0.123 e. The summed E-state index contributed by atoms with van der Waals surface area (Å²) >= 11 is 0. The quantitative estimate of drug-likeness (QED) is 0.776. The largest absolute Gasteiger partial charge is 0.489 e. The normalized spacial score (nSPS) is 11.3. The zero-order chi connectivity index (χ0) is 13.6. The zero-order valence-corrected chi connectivity index (χ0v) is 12.0. The average molecular weight is 247 g/mol. The maximum absolute atomic E-state index is 5.88. The molecule has 0 unspecified atom stereocenters. The van der Waals surface area contributed by atoms with Gasteiger partial charge in [0.2, 0.25) is 0 Å². The number of ether oxygens (including phenoxy) is 1. The van der Waals surface area contributed by atoms with Crippen molar-refractivity contribution in [2.45, 2.75) is 33.1 Å². The molecule has 0 aliphatic rings. The lowest BCUT2D eigenvalue weighted by atomic mass is 9.86. The second kappa shape index (κ2) is 6.60. The summed E-state index contributed by atoms with van der Waals surface area (Å²) in [4.78, 5) is 0. The topological polar surface area (TPSA) is 21.3 Å². The molecule has 2 nitrogen and oxygen atoms in total. The highest BCUT2D eigenvalue weighted by molar-refractivity contribution is 5.38. The molecule has 100 valence electrons. The Bertz CT molecular complexity index is 390.